The van der Waals surface area contributed by atoms with Gasteiger partial charge in [-0.3, -0.25) is 14.4 Å². The van der Waals surface area contributed by atoms with Gasteiger partial charge in [-0.1, -0.05) is 166 Å². The van der Waals surface area contributed by atoms with Crippen molar-refractivity contribution >= 4 is 59.2 Å². The number of aliphatic imine (C=N–C) groups is 1. The first-order valence-corrected chi connectivity index (χ1v) is 32.8. The van der Waals surface area contributed by atoms with Crippen LogP contribution in [0.15, 0.2) is 21.8 Å². The zero-order valence-corrected chi connectivity index (χ0v) is 57.3. The lowest BCUT2D eigenvalue weighted by Crippen LogP contribution is -2.50. The number of carbonyl (C=O) groups is 5. The lowest BCUT2D eigenvalue weighted by molar-refractivity contribution is -0.164. The number of aromatic nitrogens is 1. The van der Waals surface area contributed by atoms with Crippen LogP contribution in [0.2, 0.25) is 0 Å². The Morgan fingerprint density at radius 2 is 1.05 bits per heavy atom. The molecule has 12 nitrogen and oxygen atoms in total. The second-order valence-electron chi connectivity index (χ2n) is 30.7. The molecule has 0 saturated heterocycles. The van der Waals surface area contributed by atoms with Crippen molar-refractivity contribution in [1.82, 2.24) is 10.3 Å². The molecule has 3 aliphatic rings. The number of carbonyl (C=O) groups excluding carboxylic acids is 5. The average Bonchev–Trinajstić information content (AvgIpc) is 4.02. The number of nitrogens with zero attached hydrogens (tertiary/aromatic N) is 1. The Morgan fingerprint density at radius 3 is 1.43 bits per heavy atom. The van der Waals surface area contributed by atoms with Crippen molar-refractivity contribution in [3.05, 3.63) is 33.7 Å². The molecule has 466 valence electrons. The van der Waals surface area contributed by atoms with Crippen LogP contribution in [0.5, 0.6) is 0 Å². The average molecular weight is 1160 g/mol. The number of H-pyrrole nitrogens is 1. The normalized spacial score (nSPS) is 24.0. The fourth-order valence-corrected chi connectivity index (χ4v) is 14.7. The second-order valence-corrected chi connectivity index (χ2v) is 32.2. The predicted molar refractivity (Wildman–Crippen MR) is 341 cm³/mol. The molecular weight excluding hydrogens is 1040 g/mol. The number of allylic oxidation sites excluding steroid dienone is 1. The molecule has 4 atom stereocenters. The first-order chi connectivity index (χ1) is 37.6. The van der Waals surface area contributed by atoms with Gasteiger partial charge in [-0.25, -0.2) is 14.6 Å². The zero-order chi connectivity index (χ0) is 62.6. The van der Waals surface area contributed by atoms with Gasteiger partial charge in [0.05, 0.1) is 15.9 Å². The Kier molecular flexibility index (Phi) is 23.4. The molecule has 2 aliphatic carbocycles. The summed E-state index contributed by atoms with van der Waals surface area (Å²) in [7, 11) is 0. The Morgan fingerprint density at radius 1 is 0.610 bits per heavy atom. The SMILES string of the molecule is CCC(C)(C)C(=O)OCCSC(CC)(CC)C(=O)Nc1[nH]c(C=C2N=C(NC(=O)C(CC)(CC)CC)C(C(=O)OC3C(C(C)(C)C)CC(C)CC3C(C)(C)C)=C2C(C)C)c(C(C)C)c1C(=O)OC1C(C(C)(C)C)CC(C)CC1C(C)(C)C. The minimum atomic E-state index is -0.950. The van der Waals surface area contributed by atoms with Crippen LogP contribution in [0.25, 0.3) is 6.08 Å². The summed E-state index contributed by atoms with van der Waals surface area (Å²) in [5.41, 5.74) is 0.698. The first kappa shape index (κ1) is 70.6. The third-order valence-corrected chi connectivity index (χ3v) is 21.4. The third kappa shape index (κ3) is 16.0. The monoisotopic (exact) mass is 1160 g/mol. The predicted octanol–water partition coefficient (Wildman–Crippen LogP) is 17.3. The van der Waals surface area contributed by atoms with Gasteiger partial charge in [0.2, 0.25) is 11.8 Å². The molecule has 2 fully saturated rings. The summed E-state index contributed by atoms with van der Waals surface area (Å²) in [6, 6.07) is 0. The van der Waals surface area contributed by atoms with Crippen molar-refractivity contribution in [1.29, 1.82) is 0 Å². The quantitative estimate of drug-likeness (QED) is 0.0617. The topological polar surface area (TPSA) is 165 Å². The minimum absolute atomic E-state index is 0.0614. The largest absolute Gasteiger partial charge is 0.464 e. The van der Waals surface area contributed by atoms with E-state index in [2.05, 4.69) is 113 Å². The molecule has 4 unspecified atom stereocenters. The van der Waals surface area contributed by atoms with E-state index in [0.717, 1.165) is 25.7 Å². The number of nitrogens with one attached hydrogen (secondary N) is 3. The highest BCUT2D eigenvalue weighted by molar-refractivity contribution is 8.01. The van der Waals surface area contributed by atoms with Crippen LogP contribution in [0.1, 0.15) is 272 Å². The van der Waals surface area contributed by atoms with Gasteiger partial charge in [0.25, 0.3) is 0 Å². The van der Waals surface area contributed by atoms with E-state index in [1.165, 1.54) is 11.8 Å². The second kappa shape index (κ2) is 27.2. The highest BCUT2D eigenvalue weighted by Crippen LogP contribution is 2.52. The van der Waals surface area contributed by atoms with Crippen LogP contribution in [0.3, 0.4) is 0 Å². The van der Waals surface area contributed by atoms with Crippen molar-refractivity contribution < 1.29 is 38.2 Å². The van der Waals surface area contributed by atoms with Crippen molar-refractivity contribution in [2.75, 3.05) is 17.7 Å². The Bertz CT molecular complexity index is 2450. The molecule has 82 heavy (non-hydrogen) atoms. The summed E-state index contributed by atoms with van der Waals surface area (Å²) < 4.78 is 18.8. The molecule has 1 aliphatic heterocycles. The van der Waals surface area contributed by atoms with Crippen LogP contribution in [-0.4, -0.2) is 69.9 Å². The maximum Gasteiger partial charge on any atom is 0.342 e. The van der Waals surface area contributed by atoms with Crippen molar-refractivity contribution in [3.8, 4) is 0 Å². The van der Waals surface area contributed by atoms with Gasteiger partial charge in [-0.05, 0) is 141 Å². The van der Waals surface area contributed by atoms with Gasteiger partial charge in [0.15, 0.2) is 0 Å². The molecule has 0 spiro atoms. The molecule has 3 N–H and O–H groups in total. The molecule has 0 bridgehead atoms. The molecule has 2 heterocycles. The van der Waals surface area contributed by atoms with Crippen LogP contribution in [0, 0.1) is 73.9 Å². The van der Waals surface area contributed by atoms with Crippen LogP contribution in [0.4, 0.5) is 5.82 Å². The molecule has 0 aromatic carbocycles. The van der Waals surface area contributed by atoms with Crippen LogP contribution >= 0.6 is 11.8 Å². The van der Waals surface area contributed by atoms with E-state index >= 15 is 14.4 Å². The molecule has 1 aromatic rings. The van der Waals surface area contributed by atoms with Gasteiger partial charge in [-0.2, -0.15) is 0 Å². The van der Waals surface area contributed by atoms with Gasteiger partial charge >= 0.3 is 17.9 Å². The molecule has 0 radical (unpaired) electrons. The van der Waals surface area contributed by atoms with E-state index in [0.29, 0.717) is 78.6 Å². The first-order valence-electron chi connectivity index (χ1n) is 31.8. The number of anilines is 1. The number of rotatable bonds is 21. The molecular formula is C69H116N4O8S. The number of hydrogen-bond acceptors (Lipinski definition) is 10. The number of amides is 2. The fraction of sp³-hybridized carbons (Fsp3) is 0.797. The van der Waals surface area contributed by atoms with E-state index in [4.69, 9.17) is 19.2 Å². The maximum absolute atomic E-state index is 15.7. The lowest BCUT2D eigenvalue weighted by atomic mass is 9.59. The summed E-state index contributed by atoms with van der Waals surface area (Å²) in [6.45, 7) is 55.4. The molecule has 1 aromatic heterocycles. The molecule has 2 amide bonds. The van der Waals surface area contributed by atoms with E-state index in [1.54, 1.807) is 0 Å². The number of amidine groups is 1. The highest BCUT2D eigenvalue weighted by atomic mass is 32.2. The number of aromatic amines is 1. The number of thioether (sulfide) groups is 1. The number of hydrogen-bond donors (Lipinski definition) is 3. The number of esters is 3. The highest BCUT2D eigenvalue weighted by Gasteiger charge is 2.51. The van der Waals surface area contributed by atoms with Gasteiger partial charge in [0, 0.05) is 40.5 Å². The van der Waals surface area contributed by atoms with Crippen molar-refractivity contribution in [2.24, 2.45) is 78.9 Å². The lowest BCUT2D eigenvalue weighted by Gasteiger charge is -2.50. The number of ether oxygens (including phenoxy) is 3. The minimum Gasteiger partial charge on any atom is -0.464 e. The van der Waals surface area contributed by atoms with Crippen molar-refractivity contribution in [2.45, 2.75) is 267 Å². The smallest absolute Gasteiger partial charge is 0.342 e. The van der Waals surface area contributed by atoms with E-state index < -0.39 is 39.7 Å². The molecule has 13 heteroatoms. The Balaban J connectivity index is 2.08. The van der Waals surface area contributed by atoms with Gasteiger partial charge in [-0.15, -0.1) is 11.8 Å². The van der Waals surface area contributed by atoms with E-state index in [9.17, 15) is 9.59 Å². The van der Waals surface area contributed by atoms with E-state index in [1.807, 2.05) is 89.2 Å². The van der Waals surface area contributed by atoms with Crippen LogP contribution < -0.4 is 10.6 Å². The standard InChI is InChI=1S/C69H116N4O8S/c1-27-67(25,26)62(78)79-33-34-82-69(31-5,32-6)61(77)73-57-53(59(75)81-55-46(65(19,20)21)37-43(12)38-47(55)66(22,23)24)51(41(9)10)49(71-57)39-48-50(40(7)8)52(56(70-48)72-60(76)68(28-2,29-3)30-4)58(74)80-54-44(63(13,14)15)35-42(11)36-45(54)64(16,17)18/h39-47,54-55,71H,27-38H2,1-26H3,(H,73,77)(H,70,72,76). The Labute approximate surface area is 502 Å². The fourth-order valence-electron chi connectivity index (χ4n) is 13.5. The zero-order valence-electron chi connectivity index (χ0n) is 56.5. The summed E-state index contributed by atoms with van der Waals surface area (Å²) in [5, 5.41) is 6.48. The maximum atomic E-state index is 15.7. The summed E-state index contributed by atoms with van der Waals surface area (Å²) in [6.07, 6.45) is 8.11. The van der Waals surface area contributed by atoms with Crippen LogP contribution in [-0.2, 0) is 33.4 Å². The van der Waals surface area contributed by atoms with Gasteiger partial charge in [0.1, 0.15) is 41.6 Å². The van der Waals surface area contributed by atoms with E-state index in [-0.39, 0.29) is 104 Å². The third-order valence-electron chi connectivity index (χ3n) is 19.7. The van der Waals surface area contributed by atoms with Crippen molar-refractivity contribution in [3.63, 3.8) is 0 Å². The summed E-state index contributed by atoms with van der Waals surface area (Å²) in [4.78, 5) is 83.1. The Hall–Kier alpha value is -3.87. The summed E-state index contributed by atoms with van der Waals surface area (Å²) >= 11 is 1.45. The molecule has 4 rings (SSSR count). The molecule has 2 saturated carbocycles. The summed E-state index contributed by atoms with van der Waals surface area (Å²) in [5.74, 6) is -0.432. The van der Waals surface area contributed by atoms with Gasteiger partial charge < -0.3 is 29.8 Å².